The van der Waals surface area contributed by atoms with E-state index < -0.39 is 0 Å². The standard InChI is InChI=1S/C10H21N3/c1-9(12-4)8-10(2)13(5)7-6-11-3/h8,11-12H,1,6-7H2,2-5H3/b10-8+. The molecule has 0 spiro atoms. The van der Waals surface area contributed by atoms with Crippen LogP contribution in [0.5, 0.6) is 0 Å². The normalized spacial score (nSPS) is 11.2. The highest BCUT2D eigenvalue weighted by molar-refractivity contribution is 5.16. The zero-order valence-electron chi connectivity index (χ0n) is 9.15. The fraction of sp³-hybridized carbons (Fsp3) is 0.600. The summed E-state index contributed by atoms with van der Waals surface area (Å²) < 4.78 is 0. The van der Waals surface area contributed by atoms with Gasteiger partial charge >= 0.3 is 0 Å². The Labute approximate surface area is 81.5 Å². The molecule has 0 aromatic carbocycles. The SMILES string of the molecule is C=C(/C=C(\C)N(C)CCNC)NC. The Kier molecular flexibility index (Phi) is 6.06. The molecule has 0 aliphatic rings. The number of nitrogens with zero attached hydrogens (tertiary/aromatic N) is 1. The summed E-state index contributed by atoms with van der Waals surface area (Å²) in [4.78, 5) is 2.19. The summed E-state index contributed by atoms with van der Waals surface area (Å²) in [5.74, 6) is 0. The second-order valence-corrected chi connectivity index (χ2v) is 3.09. The molecule has 3 nitrogen and oxygen atoms in total. The lowest BCUT2D eigenvalue weighted by Gasteiger charge is -2.19. The molecule has 0 saturated heterocycles. The number of likely N-dealkylation sites (N-methyl/N-ethyl adjacent to an activating group) is 3. The van der Waals surface area contributed by atoms with Gasteiger partial charge in [0, 0.05) is 38.6 Å². The Morgan fingerprint density at radius 1 is 1.46 bits per heavy atom. The van der Waals surface area contributed by atoms with E-state index in [1.807, 2.05) is 20.2 Å². The zero-order valence-corrected chi connectivity index (χ0v) is 9.15. The first-order valence-electron chi connectivity index (χ1n) is 4.52. The Balaban J connectivity index is 4.00. The molecule has 0 radical (unpaired) electrons. The summed E-state index contributed by atoms with van der Waals surface area (Å²) in [5, 5.41) is 6.11. The van der Waals surface area contributed by atoms with Crippen LogP contribution in [-0.4, -0.2) is 39.1 Å². The maximum Gasteiger partial charge on any atom is 0.0296 e. The fourth-order valence-corrected chi connectivity index (χ4v) is 0.890. The van der Waals surface area contributed by atoms with E-state index in [2.05, 4.69) is 36.1 Å². The molecular formula is C10H21N3. The molecule has 3 heteroatoms. The van der Waals surface area contributed by atoms with Crippen LogP contribution in [0.4, 0.5) is 0 Å². The average Bonchev–Trinajstić information content (AvgIpc) is 2.13. The Morgan fingerprint density at radius 3 is 2.54 bits per heavy atom. The highest BCUT2D eigenvalue weighted by Gasteiger charge is 1.97. The third-order valence-electron chi connectivity index (χ3n) is 2.00. The van der Waals surface area contributed by atoms with Crippen molar-refractivity contribution < 1.29 is 0 Å². The minimum atomic E-state index is 0.939. The topological polar surface area (TPSA) is 27.3 Å². The lowest BCUT2D eigenvalue weighted by Crippen LogP contribution is -2.26. The fourth-order valence-electron chi connectivity index (χ4n) is 0.890. The number of hydrogen-bond acceptors (Lipinski definition) is 3. The molecule has 0 unspecified atom stereocenters. The van der Waals surface area contributed by atoms with E-state index in [9.17, 15) is 0 Å². The van der Waals surface area contributed by atoms with Crippen molar-refractivity contribution in [2.75, 3.05) is 34.2 Å². The lowest BCUT2D eigenvalue weighted by atomic mass is 10.3. The van der Waals surface area contributed by atoms with E-state index in [0.29, 0.717) is 0 Å². The van der Waals surface area contributed by atoms with Gasteiger partial charge in [-0.3, -0.25) is 0 Å². The molecule has 0 aromatic rings. The van der Waals surface area contributed by atoms with Crippen molar-refractivity contribution in [1.82, 2.24) is 15.5 Å². The average molecular weight is 183 g/mol. The lowest BCUT2D eigenvalue weighted by molar-refractivity contribution is 0.415. The monoisotopic (exact) mass is 183 g/mol. The highest BCUT2D eigenvalue weighted by Crippen LogP contribution is 2.01. The van der Waals surface area contributed by atoms with Crippen molar-refractivity contribution in [3.05, 3.63) is 24.0 Å². The minimum absolute atomic E-state index is 0.939. The van der Waals surface area contributed by atoms with E-state index >= 15 is 0 Å². The highest BCUT2D eigenvalue weighted by atomic mass is 15.1. The molecule has 76 valence electrons. The minimum Gasteiger partial charge on any atom is -0.389 e. The third-order valence-corrected chi connectivity index (χ3v) is 2.00. The van der Waals surface area contributed by atoms with Crippen LogP contribution in [0, 0.1) is 0 Å². The van der Waals surface area contributed by atoms with Gasteiger partial charge in [-0.2, -0.15) is 0 Å². The van der Waals surface area contributed by atoms with Crippen LogP contribution in [0.1, 0.15) is 6.92 Å². The molecule has 0 bridgehead atoms. The number of nitrogens with one attached hydrogen (secondary N) is 2. The molecule has 0 aliphatic heterocycles. The maximum absolute atomic E-state index is 3.85. The predicted molar refractivity (Wildman–Crippen MR) is 58.5 cm³/mol. The summed E-state index contributed by atoms with van der Waals surface area (Å²) in [6.45, 7) is 7.93. The van der Waals surface area contributed by atoms with Crippen LogP contribution in [0.2, 0.25) is 0 Å². The van der Waals surface area contributed by atoms with Crippen LogP contribution >= 0.6 is 0 Å². The molecule has 0 aromatic heterocycles. The van der Waals surface area contributed by atoms with Crippen LogP contribution in [0.25, 0.3) is 0 Å². The molecule has 2 N–H and O–H groups in total. The molecule has 0 heterocycles. The van der Waals surface area contributed by atoms with Crippen LogP contribution < -0.4 is 10.6 Å². The van der Waals surface area contributed by atoms with Gasteiger partial charge in [-0.15, -0.1) is 0 Å². The predicted octanol–water partition coefficient (Wildman–Crippen LogP) is 0.775. The molecular weight excluding hydrogens is 162 g/mol. The molecule has 13 heavy (non-hydrogen) atoms. The quantitative estimate of drug-likeness (QED) is 0.596. The van der Waals surface area contributed by atoms with Crippen molar-refractivity contribution in [1.29, 1.82) is 0 Å². The van der Waals surface area contributed by atoms with Crippen LogP contribution in [0.15, 0.2) is 24.0 Å². The van der Waals surface area contributed by atoms with Crippen molar-refractivity contribution in [2.24, 2.45) is 0 Å². The van der Waals surface area contributed by atoms with E-state index in [1.165, 1.54) is 5.70 Å². The Morgan fingerprint density at radius 2 is 2.08 bits per heavy atom. The summed E-state index contributed by atoms with van der Waals surface area (Å²) in [6, 6.07) is 0. The molecule has 0 rings (SSSR count). The second kappa shape index (κ2) is 6.54. The smallest absolute Gasteiger partial charge is 0.0296 e. The van der Waals surface area contributed by atoms with E-state index in [-0.39, 0.29) is 0 Å². The van der Waals surface area contributed by atoms with Gasteiger partial charge in [-0.25, -0.2) is 0 Å². The summed E-state index contributed by atoms with van der Waals surface area (Å²) in [6.07, 6.45) is 2.04. The summed E-state index contributed by atoms with van der Waals surface area (Å²) in [5.41, 5.74) is 2.16. The molecule has 0 aliphatic carbocycles. The van der Waals surface area contributed by atoms with Crippen molar-refractivity contribution in [3.63, 3.8) is 0 Å². The summed E-state index contributed by atoms with van der Waals surface area (Å²) in [7, 11) is 5.91. The van der Waals surface area contributed by atoms with Crippen LogP contribution in [-0.2, 0) is 0 Å². The third kappa shape index (κ3) is 5.31. The number of hydrogen-bond donors (Lipinski definition) is 2. The first-order valence-corrected chi connectivity index (χ1v) is 4.52. The second-order valence-electron chi connectivity index (χ2n) is 3.09. The van der Waals surface area contributed by atoms with Gasteiger partial charge in [0.1, 0.15) is 0 Å². The Bertz CT molecular complexity index is 185. The first-order chi connectivity index (χ1) is 6.11. The van der Waals surface area contributed by atoms with E-state index in [1.54, 1.807) is 0 Å². The first kappa shape index (κ1) is 12.0. The van der Waals surface area contributed by atoms with Gasteiger partial charge in [0.2, 0.25) is 0 Å². The number of allylic oxidation sites excluding steroid dienone is 2. The van der Waals surface area contributed by atoms with Crippen LogP contribution in [0.3, 0.4) is 0 Å². The van der Waals surface area contributed by atoms with Gasteiger partial charge in [0.25, 0.3) is 0 Å². The molecule has 0 atom stereocenters. The van der Waals surface area contributed by atoms with E-state index in [4.69, 9.17) is 0 Å². The van der Waals surface area contributed by atoms with Gasteiger partial charge in [0.15, 0.2) is 0 Å². The van der Waals surface area contributed by atoms with Gasteiger partial charge in [0.05, 0.1) is 0 Å². The Hall–Kier alpha value is -0.960. The molecule has 0 amide bonds. The zero-order chi connectivity index (χ0) is 10.3. The van der Waals surface area contributed by atoms with E-state index in [0.717, 1.165) is 18.8 Å². The van der Waals surface area contributed by atoms with Crippen molar-refractivity contribution >= 4 is 0 Å². The number of rotatable bonds is 6. The van der Waals surface area contributed by atoms with Gasteiger partial charge < -0.3 is 15.5 Å². The molecule has 0 fully saturated rings. The molecule has 0 saturated carbocycles. The largest absolute Gasteiger partial charge is 0.389 e. The maximum atomic E-state index is 3.85. The van der Waals surface area contributed by atoms with Gasteiger partial charge in [-0.05, 0) is 20.0 Å². The summed E-state index contributed by atoms with van der Waals surface area (Å²) >= 11 is 0. The van der Waals surface area contributed by atoms with Gasteiger partial charge in [-0.1, -0.05) is 6.58 Å². The van der Waals surface area contributed by atoms with Crippen molar-refractivity contribution in [3.8, 4) is 0 Å². The van der Waals surface area contributed by atoms with Crippen molar-refractivity contribution in [2.45, 2.75) is 6.92 Å².